The lowest BCUT2D eigenvalue weighted by atomic mass is 9.51. The molecule has 234 valence electrons. The second-order valence-corrected chi connectivity index (χ2v) is 14.9. The van der Waals surface area contributed by atoms with E-state index in [4.69, 9.17) is 14.2 Å². The van der Waals surface area contributed by atoms with Gasteiger partial charge in [-0.05, 0) is 100 Å². The van der Waals surface area contributed by atoms with Crippen LogP contribution >= 0.6 is 0 Å². The Morgan fingerprint density at radius 1 is 0.955 bits per heavy atom. The van der Waals surface area contributed by atoms with Crippen molar-refractivity contribution >= 4 is 17.6 Å². The normalized spacial score (nSPS) is 31.6. The van der Waals surface area contributed by atoms with Crippen molar-refractivity contribution in [2.24, 2.45) is 11.8 Å². The maximum absolute atomic E-state index is 14.7. The molecule has 3 aliphatic carbocycles. The number of carbonyl (C=O) groups is 2. The van der Waals surface area contributed by atoms with E-state index < -0.39 is 28.3 Å². The van der Waals surface area contributed by atoms with Crippen LogP contribution in [0.3, 0.4) is 0 Å². The molecule has 1 aromatic carbocycles. The maximum atomic E-state index is 14.7. The first-order valence-electron chi connectivity index (χ1n) is 16.0. The van der Waals surface area contributed by atoms with Crippen molar-refractivity contribution in [3.63, 3.8) is 0 Å². The van der Waals surface area contributed by atoms with E-state index >= 15 is 0 Å². The Kier molecular flexibility index (Phi) is 7.01. The van der Waals surface area contributed by atoms with Gasteiger partial charge in [-0.3, -0.25) is 9.59 Å². The van der Waals surface area contributed by atoms with Gasteiger partial charge in [0.05, 0.1) is 11.2 Å². The number of allylic oxidation sites excluding steroid dienone is 6. The standard InChI is InChI=1S/C38H46O6/c1-21(2)11-10-16-36(9)17-15-25-30(39)29-31(40)27-19-24-20-28-35(7,8)44-37(34(24)41,18-14-23(5)6)38(27,28)43-33(29)26(32(25)42-36)13-12-22(3)4/h11-12,14-15,17,19,24,28,39H,10,13,16,18,20H2,1-9H3. The summed E-state index contributed by atoms with van der Waals surface area (Å²) in [5.74, 6) is -0.296. The van der Waals surface area contributed by atoms with E-state index in [1.54, 1.807) is 6.08 Å². The van der Waals surface area contributed by atoms with Gasteiger partial charge < -0.3 is 19.3 Å². The molecule has 3 aliphatic heterocycles. The predicted octanol–water partition coefficient (Wildman–Crippen LogP) is 8.17. The minimum Gasteiger partial charge on any atom is -0.506 e. The Morgan fingerprint density at radius 2 is 1.64 bits per heavy atom. The number of ketones is 2. The van der Waals surface area contributed by atoms with E-state index in [9.17, 15) is 14.7 Å². The number of rotatable bonds is 7. The highest BCUT2D eigenvalue weighted by atomic mass is 16.6. The molecule has 2 fully saturated rings. The van der Waals surface area contributed by atoms with Gasteiger partial charge in [0.25, 0.3) is 0 Å². The molecule has 1 spiro atoms. The number of Topliss-reactive ketones (excluding diaryl/α,β-unsaturated/α-hetero) is 2. The van der Waals surface area contributed by atoms with Crippen molar-refractivity contribution in [1.82, 2.24) is 0 Å². The van der Waals surface area contributed by atoms with Gasteiger partial charge in [0.2, 0.25) is 0 Å². The first kappa shape index (κ1) is 30.6. The van der Waals surface area contributed by atoms with Crippen LogP contribution in [-0.4, -0.2) is 39.1 Å². The largest absolute Gasteiger partial charge is 0.506 e. The Bertz CT molecular complexity index is 1620. The summed E-state index contributed by atoms with van der Waals surface area (Å²) in [4.78, 5) is 29.0. The fraction of sp³-hybridized carbons (Fsp3) is 0.526. The highest BCUT2D eigenvalue weighted by Gasteiger charge is 2.81. The van der Waals surface area contributed by atoms with Gasteiger partial charge in [0.15, 0.2) is 22.8 Å². The van der Waals surface area contributed by atoms with Crippen LogP contribution in [0.25, 0.3) is 6.08 Å². The van der Waals surface area contributed by atoms with Crippen LogP contribution in [0, 0.1) is 11.8 Å². The molecule has 6 nitrogen and oxygen atoms in total. The summed E-state index contributed by atoms with van der Waals surface area (Å²) in [7, 11) is 0. The fourth-order valence-corrected chi connectivity index (χ4v) is 8.14. The Labute approximate surface area is 261 Å². The number of hydrogen-bond acceptors (Lipinski definition) is 6. The lowest BCUT2D eigenvalue weighted by Gasteiger charge is -2.56. The van der Waals surface area contributed by atoms with Crippen LogP contribution in [0.2, 0.25) is 0 Å². The first-order valence-corrected chi connectivity index (χ1v) is 16.0. The summed E-state index contributed by atoms with van der Waals surface area (Å²) in [6.07, 6.45) is 14.9. The summed E-state index contributed by atoms with van der Waals surface area (Å²) in [5, 5.41) is 11.8. The summed E-state index contributed by atoms with van der Waals surface area (Å²) < 4.78 is 20.8. The molecule has 6 heteroatoms. The van der Waals surface area contributed by atoms with E-state index in [-0.39, 0.29) is 28.8 Å². The third-order valence-corrected chi connectivity index (χ3v) is 10.2. The molecule has 0 radical (unpaired) electrons. The van der Waals surface area contributed by atoms with Crippen molar-refractivity contribution in [2.75, 3.05) is 0 Å². The van der Waals surface area contributed by atoms with E-state index in [1.807, 2.05) is 66.7 Å². The molecular weight excluding hydrogens is 552 g/mol. The minimum absolute atomic E-state index is 0.0316. The molecule has 7 rings (SSSR count). The van der Waals surface area contributed by atoms with E-state index in [0.29, 0.717) is 47.5 Å². The van der Waals surface area contributed by atoms with Crippen LogP contribution in [0.5, 0.6) is 17.2 Å². The van der Waals surface area contributed by atoms with Gasteiger partial charge in [-0.15, -0.1) is 0 Å². The second-order valence-electron chi connectivity index (χ2n) is 14.9. The third-order valence-electron chi connectivity index (χ3n) is 10.2. The summed E-state index contributed by atoms with van der Waals surface area (Å²) >= 11 is 0. The number of fused-ring (bicyclic) bond motifs is 2. The topological polar surface area (TPSA) is 82.1 Å². The molecule has 1 aromatic rings. The molecule has 1 saturated carbocycles. The number of carbonyl (C=O) groups excluding carboxylic acids is 2. The molecule has 4 bridgehead atoms. The Morgan fingerprint density at radius 3 is 2.30 bits per heavy atom. The zero-order valence-electron chi connectivity index (χ0n) is 27.6. The molecule has 5 atom stereocenters. The number of hydrogen-bond donors (Lipinski definition) is 1. The van der Waals surface area contributed by atoms with Crippen molar-refractivity contribution in [2.45, 2.75) is 117 Å². The zero-order chi connectivity index (χ0) is 32.0. The summed E-state index contributed by atoms with van der Waals surface area (Å²) in [6.45, 7) is 18.3. The van der Waals surface area contributed by atoms with Crippen LogP contribution in [0.1, 0.15) is 109 Å². The van der Waals surface area contributed by atoms with Gasteiger partial charge in [-0.25, -0.2) is 0 Å². The Hall–Kier alpha value is -3.38. The minimum atomic E-state index is -1.35. The smallest absolute Gasteiger partial charge is 0.200 e. The van der Waals surface area contributed by atoms with Crippen molar-refractivity contribution in [3.8, 4) is 17.2 Å². The van der Waals surface area contributed by atoms with Gasteiger partial charge in [-0.2, -0.15) is 0 Å². The van der Waals surface area contributed by atoms with Crippen LogP contribution in [0.4, 0.5) is 0 Å². The lowest BCUT2D eigenvalue weighted by molar-refractivity contribution is -0.171. The molecular formula is C38H46O6. The fourth-order valence-electron chi connectivity index (χ4n) is 8.14. The maximum Gasteiger partial charge on any atom is 0.200 e. The quantitative estimate of drug-likeness (QED) is 0.319. The predicted molar refractivity (Wildman–Crippen MR) is 172 cm³/mol. The van der Waals surface area contributed by atoms with Crippen LogP contribution < -0.4 is 9.47 Å². The molecule has 44 heavy (non-hydrogen) atoms. The van der Waals surface area contributed by atoms with Gasteiger partial charge >= 0.3 is 0 Å². The average molecular weight is 599 g/mol. The van der Waals surface area contributed by atoms with Crippen LogP contribution in [0.15, 0.2) is 52.7 Å². The van der Waals surface area contributed by atoms with Crippen LogP contribution in [-0.2, 0) is 16.0 Å². The summed E-state index contributed by atoms with van der Waals surface area (Å²) in [6, 6.07) is 0. The highest BCUT2D eigenvalue weighted by molar-refractivity contribution is 6.19. The number of benzene rings is 1. The van der Waals surface area contributed by atoms with Crippen molar-refractivity contribution in [1.29, 1.82) is 0 Å². The van der Waals surface area contributed by atoms with Crippen molar-refractivity contribution in [3.05, 3.63) is 69.4 Å². The van der Waals surface area contributed by atoms with E-state index in [2.05, 4.69) is 26.0 Å². The number of phenolic OH excluding ortho intramolecular Hbond substituents is 1. The molecule has 0 aromatic heterocycles. The first-order chi connectivity index (χ1) is 20.6. The molecule has 6 aliphatic rings. The molecule has 0 amide bonds. The highest BCUT2D eigenvalue weighted by Crippen LogP contribution is 2.68. The molecule has 1 saturated heterocycles. The third kappa shape index (κ3) is 4.23. The van der Waals surface area contributed by atoms with Gasteiger partial charge in [0.1, 0.15) is 28.4 Å². The number of aromatic hydroxyl groups is 1. The monoisotopic (exact) mass is 598 g/mol. The number of phenols is 1. The second kappa shape index (κ2) is 10.1. The SMILES string of the molecule is CC(C)=CCCC1(C)C=Cc2c(O)c3c(c(CC=C(C)C)c2O1)OC12C(=CC4CC1C(C)(C)OC2(CC=C(C)C)C4=O)C3=O. The van der Waals surface area contributed by atoms with E-state index in [1.165, 1.54) is 5.57 Å². The van der Waals surface area contributed by atoms with Gasteiger partial charge in [0, 0.05) is 29.4 Å². The average Bonchev–Trinajstić information content (AvgIpc) is 3.08. The molecule has 5 unspecified atom stereocenters. The zero-order valence-corrected chi connectivity index (χ0v) is 27.6. The summed E-state index contributed by atoms with van der Waals surface area (Å²) in [5.41, 5.74) is 1.22. The molecule has 3 heterocycles. The number of ether oxygens (including phenoxy) is 3. The van der Waals surface area contributed by atoms with Gasteiger partial charge in [-0.1, -0.05) is 41.0 Å². The Balaban J connectivity index is 1.59. The molecule has 1 N–H and O–H groups in total. The van der Waals surface area contributed by atoms with E-state index in [0.717, 1.165) is 24.0 Å². The lowest BCUT2D eigenvalue weighted by Crippen LogP contribution is -2.72. The van der Waals surface area contributed by atoms with Crippen molar-refractivity contribution < 1.29 is 28.9 Å².